The number of pyridine rings is 1. The molecule has 1 N–H and O–H groups in total. The summed E-state index contributed by atoms with van der Waals surface area (Å²) in [6.07, 6.45) is 5.02. The van der Waals surface area contributed by atoms with Gasteiger partial charge < -0.3 is 10.1 Å². The molecular formula is C12H14N4O2. The van der Waals surface area contributed by atoms with Crippen molar-refractivity contribution in [2.75, 3.05) is 7.11 Å². The van der Waals surface area contributed by atoms with Gasteiger partial charge in [-0.1, -0.05) is 0 Å². The smallest absolute Gasteiger partial charge is 0.272 e. The number of ether oxygens (including phenoxy) is 1. The maximum absolute atomic E-state index is 11.7. The molecule has 0 atom stereocenters. The summed E-state index contributed by atoms with van der Waals surface area (Å²) >= 11 is 0. The predicted octanol–water partition coefficient (Wildman–Crippen LogP) is 0.754. The van der Waals surface area contributed by atoms with Gasteiger partial charge in [0.15, 0.2) is 0 Å². The molecule has 2 aromatic rings. The van der Waals surface area contributed by atoms with Gasteiger partial charge in [-0.15, -0.1) is 0 Å². The number of rotatable bonds is 4. The molecule has 6 heteroatoms. The summed E-state index contributed by atoms with van der Waals surface area (Å²) in [7, 11) is 3.34. The number of hydrogen-bond donors (Lipinski definition) is 1. The fraction of sp³-hybridized carbons (Fsp3) is 0.250. The molecule has 0 spiro atoms. The van der Waals surface area contributed by atoms with E-state index in [1.807, 2.05) is 6.07 Å². The van der Waals surface area contributed by atoms with Crippen LogP contribution in [0.25, 0.3) is 0 Å². The lowest BCUT2D eigenvalue weighted by molar-refractivity contribution is 0.0945. The second-order valence-electron chi connectivity index (χ2n) is 3.79. The van der Waals surface area contributed by atoms with E-state index in [4.69, 9.17) is 4.74 Å². The minimum atomic E-state index is -0.210. The molecular weight excluding hydrogens is 232 g/mol. The highest BCUT2D eigenvalue weighted by molar-refractivity contribution is 5.92. The summed E-state index contributed by atoms with van der Waals surface area (Å²) in [5.74, 6) is 0.456. The first-order valence-corrected chi connectivity index (χ1v) is 5.45. The molecule has 0 aliphatic carbocycles. The van der Waals surface area contributed by atoms with Crippen LogP contribution in [-0.4, -0.2) is 27.8 Å². The zero-order valence-electron chi connectivity index (χ0n) is 10.3. The summed E-state index contributed by atoms with van der Waals surface area (Å²) in [4.78, 5) is 15.8. The number of aromatic nitrogens is 3. The molecule has 0 saturated carbocycles. The summed E-state index contributed by atoms with van der Waals surface area (Å²) in [5, 5.41) is 6.79. The Bertz CT molecular complexity index is 551. The van der Waals surface area contributed by atoms with Gasteiger partial charge in [-0.2, -0.15) is 5.10 Å². The second kappa shape index (κ2) is 5.31. The van der Waals surface area contributed by atoms with Crippen LogP contribution in [0, 0.1) is 0 Å². The molecule has 0 radical (unpaired) electrons. The van der Waals surface area contributed by atoms with Gasteiger partial charge in [0.2, 0.25) is 0 Å². The van der Waals surface area contributed by atoms with Crippen molar-refractivity contribution in [3.05, 3.63) is 42.0 Å². The van der Waals surface area contributed by atoms with Crippen LogP contribution in [0.5, 0.6) is 5.75 Å². The van der Waals surface area contributed by atoms with Gasteiger partial charge >= 0.3 is 0 Å². The lowest BCUT2D eigenvalue weighted by Gasteiger charge is -2.05. The van der Waals surface area contributed by atoms with E-state index in [1.54, 1.807) is 43.5 Å². The maximum Gasteiger partial charge on any atom is 0.272 e. The third kappa shape index (κ3) is 2.85. The molecule has 2 rings (SSSR count). The number of methoxy groups -OCH3 is 1. The fourth-order valence-electron chi connectivity index (χ4n) is 1.48. The molecule has 1 amide bonds. The Balaban J connectivity index is 1.97. The fourth-order valence-corrected chi connectivity index (χ4v) is 1.48. The van der Waals surface area contributed by atoms with Crippen molar-refractivity contribution in [1.29, 1.82) is 0 Å². The molecule has 0 saturated heterocycles. The summed E-state index contributed by atoms with van der Waals surface area (Å²) in [6.45, 7) is 0.388. The first kappa shape index (κ1) is 12.1. The number of aryl methyl sites for hydroxylation is 1. The van der Waals surface area contributed by atoms with Gasteiger partial charge in [0.25, 0.3) is 5.91 Å². The normalized spacial score (nSPS) is 10.1. The van der Waals surface area contributed by atoms with Crippen LogP contribution in [0.1, 0.15) is 16.1 Å². The van der Waals surface area contributed by atoms with Crippen molar-refractivity contribution >= 4 is 5.91 Å². The number of nitrogens with one attached hydrogen (secondary N) is 1. The van der Waals surface area contributed by atoms with Crippen LogP contribution >= 0.6 is 0 Å². The highest BCUT2D eigenvalue weighted by atomic mass is 16.5. The van der Waals surface area contributed by atoms with Gasteiger partial charge in [0.05, 0.1) is 13.3 Å². The SMILES string of the molecule is COc1cncc(CNC(=O)c2ccn(C)n2)c1. The van der Waals surface area contributed by atoms with Gasteiger partial charge in [-0.3, -0.25) is 14.5 Å². The third-order valence-electron chi connectivity index (χ3n) is 2.40. The molecule has 0 fully saturated rings. The van der Waals surface area contributed by atoms with Gasteiger partial charge in [0, 0.05) is 26.0 Å². The van der Waals surface area contributed by atoms with Gasteiger partial charge in [0.1, 0.15) is 11.4 Å². The van der Waals surface area contributed by atoms with E-state index in [0.717, 1.165) is 5.56 Å². The average Bonchev–Trinajstić information content (AvgIpc) is 2.83. The highest BCUT2D eigenvalue weighted by Gasteiger charge is 2.08. The van der Waals surface area contributed by atoms with E-state index in [9.17, 15) is 4.79 Å². The zero-order valence-corrected chi connectivity index (χ0v) is 10.3. The number of carbonyl (C=O) groups excluding carboxylic acids is 1. The number of nitrogens with zero attached hydrogens (tertiary/aromatic N) is 3. The Morgan fingerprint density at radius 1 is 1.50 bits per heavy atom. The van der Waals surface area contributed by atoms with E-state index in [0.29, 0.717) is 18.0 Å². The van der Waals surface area contributed by atoms with Crippen LogP contribution in [-0.2, 0) is 13.6 Å². The molecule has 6 nitrogen and oxygen atoms in total. The summed E-state index contributed by atoms with van der Waals surface area (Å²) < 4.78 is 6.64. The van der Waals surface area contributed by atoms with E-state index in [1.165, 1.54) is 0 Å². The quantitative estimate of drug-likeness (QED) is 0.864. The van der Waals surface area contributed by atoms with Gasteiger partial charge in [-0.05, 0) is 17.7 Å². The van der Waals surface area contributed by atoms with Crippen LogP contribution in [0.4, 0.5) is 0 Å². The first-order chi connectivity index (χ1) is 8.69. The van der Waals surface area contributed by atoms with E-state index in [2.05, 4.69) is 15.4 Å². The minimum Gasteiger partial charge on any atom is -0.495 e. The standard InChI is InChI=1S/C12H14N4O2/c1-16-4-3-11(15-16)12(17)14-7-9-5-10(18-2)8-13-6-9/h3-6,8H,7H2,1-2H3,(H,14,17). The highest BCUT2D eigenvalue weighted by Crippen LogP contribution is 2.09. The van der Waals surface area contributed by atoms with Crippen molar-refractivity contribution in [3.8, 4) is 5.75 Å². The minimum absolute atomic E-state index is 0.210. The van der Waals surface area contributed by atoms with Gasteiger partial charge in [-0.25, -0.2) is 0 Å². The van der Waals surface area contributed by atoms with Crippen molar-refractivity contribution in [2.45, 2.75) is 6.54 Å². The maximum atomic E-state index is 11.7. The zero-order chi connectivity index (χ0) is 13.0. The van der Waals surface area contributed by atoms with Crippen LogP contribution in [0.2, 0.25) is 0 Å². The molecule has 2 heterocycles. The van der Waals surface area contributed by atoms with Crippen molar-refractivity contribution < 1.29 is 9.53 Å². The summed E-state index contributed by atoms with van der Waals surface area (Å²) in [5.41, 5.74) is 1.27. The molecule has 0 unspecified atom stereocenters. The lowest BCUT2D eigenvalue weighted by Crippen LogP contribution is -2.23. The predicted molar refractivity (Wildman–Crippen MR) is 65.2 cm³/mol. The third-order valence-corrected chi connectivity index (χ3v) is 2.40. The number of carbonyl (C=O) groups is 1. The van der Waals surface area contributed by atoms with E-state index >= 15 is 0 Å². The van der Waals surface area contributed by atoms with Crippen LogP contribution in [0.3, 0.4) is 0 Å². The Morgan fingerprint density at radius 2 is 2.33 bits per heavy atom. The number of hydrogen-bond acceptors (Lipinski definition) is 4. The Labute approximate surface area is 105 Å². The second-order valence-corrected chi connectivity index (χ2v) is 3.79. The molecule has 18 heavy (non-hydrogen) atoms. The number of amides is 1. The largest absolute Gasteiger partial charge is 0.495 e. The monoisotopic (exact) mass is 246 g/mol. The molecule has 0 aliphatic heterocycles. The van der Waals surface area contributed by atoms with Crippen LogP contribution < -0.4 is 10.1 Å². The van der Waals surface area contributed by atoms with Crippen LogP contribution in [0.15, 0.2) is 30.7 Å². The Kier molecular flexibility index (Phi) is 3.57. The Morgan fingerprint density at radius 3 is 3.00 bits per heavy atom. The lowest BCUT2D eigenvalue weighted by atomic mass is 10.2. The van der Waals surface area contributed by atoms with Crippen molar-refractivity contribution in [3.63, 3.8) is 0 Å². The molecule has 94 valence electrons. The van der Waals surface area contributed by atoms with Crippen molar-refractivity contribution in [1.82, 2.24) is 20.1 Å². The topological polar surface area (TPSA) is 69.0 Å². The molecule has 0 bridgehead atoms. The van der Waals surface area contributed by atoms with E-state index < -0.39 is 0 Å². The average molecular weight is 246 g/mol. The molecule has 0 aliphatic rings. The first-order valence-electron chi connectivity index (χ1n) is 5.45. The Hall–Kier alpha value is -2.37. The molecule has 2 aromatic heterocycles. The van der Waals surface area contributed by atoms with E-state index in [-0.39, 0.29) is 5.91 Å². The summed E-state index contributed by atoms with van der Waals surface area (Å²) in [6, 6.07) is 3.49. The van der Waals surface area contributed by atoms with Crippen molar-refractivity contribution in [2.24, 2.45) is 7.05 Å². The molecule has 0 aromatic carbocycles.